The van der Waals surface area contributed by atoms with E-state index in [4.69, 9.17) is 16.7 Å². The van der Waals surface area contributed by atoms with E-state index in [0.29, 0.717) is 0 Å². The monoisotopic (exact) mass is 278 g/mol. The molecule has 0 saturated carbocycles. The molecule has 0 unspecified atom stereocenters. The molecule has 1 atom stereocenters. The lowest BCUT2D eigenvalue weighted by Gasteiger charge is -2.15. The number of carboxylic acids is 1. The summed E-state index contributed by atoms with van der Waals surface area (Å²) in [4.78, 5) is 11.0. The van der Waals surface area contributed by atoms with Crippen LogP contribution in [0.25, 0.3) is 0 Å². The van der Waals surface area contributed by atoms with Crippen molar-refractivity contribution in [3.05, 3.63) is 34.9 Å². The van der Waals surface area contributed by atoms with Crippen LogP contribution in [0.4, 0.5) is 0 Å². The third-order valence-corrected chi connectivity index (χ3v) is 3.43. The van der Waals surface area contributed by atoms with Gasteiger partial charge in [0.25, 0.3) is 10.2 Å². The first-order valence-corrected chi connectivity index (χ1v) is 6.41. The molecule has 94 valence electrons. The maximum atomic E-state index is 11.3. The summed E-state index contributed by atoms with van der Waals surface area (Å²) in [5.41, 5.74) is 0.181. The highest BCUT2D eigenvalue weighted by atomic mass is 35.5. The molecule has 0 spiro atoms. The van der Waals surface area contributed by atoms with Crippen molar-refractivity contribution in [3.8, 4) is 0 Å². The molecule has 17 heavy (non-hydrogen) atoms. The van der Waals surface area contributed by atoms with E-state index in [2.05, 4.69) is 0 Å². The van der Waals surface area contributed by atoms with Crippen molar-refractivity contribution < 1.29 is 18.3 Å². The Hall–Kier alpha value is -1.15. The number of hydrogen-bond acceptors (Lipinski definition) is 3. The average molecular weight is 279 g/mol. The minimum Gasteiger partial charge on any atom is -0.480 e. The van der Waals surface area contributed by atoms with Crippen LogP contribution < -0.4 is 9.44 Å². The highest BCUT2D eigenvalue weighted by Gasteiger charge is 2.26. The van der Waals surface area contributed by atoms with Crippen LogP contribution in [0.3, 0.4) is 0 Å². The fraction of sp³-hybridized carbons (Fsp3) is 0.222. The van der Waals surface area contributed by atoms with E-state index in [-0.39, 0.29) is 10.6 Å². The molecule has 1 aromatic carbocycles. The first kappa shape index (κ1) is 13.9. The Kier molecular flexibility index (Phi) is 4.47. The number of nitrogens with one attached hydrogen (secondary N) is 2. The molecule has 0 fully saturated rings. The molecule has 6 nitrogen and oxygen atoms in total. The molecule has 0 aliphatic carbocycles. The molecular formula is C9H11ClN2O4S. The fourth-order valence-electron chi connectivity index (χ4n) is 1.17. The Morgan fingerprint density at radius 2 is 2.00 bits per heavy atom. The molecule has 0 radical (unpaired) electrons. The average Bonchev–Trinajstić information content (AvgIpc) is 2.27. The normalized spacial score (nSPS) is 13.3. The molecule has 0 amide bonds. The number of carbonyl (C=O) groups is 1. The van der Waals surface area contributed by atoms with Gasteiger partial charge in [0.05, 0.1) is 0 Å². The molecule has 3 N–H and O–H groups in total. The molecular weight excluding hydrogens is 268 g/mol. The highest BCUT2D eigenvalue weighted by molar-refractivity contribution is 7.87. The molecule has 0 saturated heterocycles. The lowest BCUT2D eigenvalue weighted by Crippen LogP contribution is -2.40. The summed E-state index contributed by atoms with van der Waals surface area (Å²) in [6.07, 6.45) is 0. The molecule has 0 aliphatic heterocycles. The molecule has 8 heteroatoms. The van der Waals surface area contributed by atoms with Gasteiger partial charge >= 0.3 is 5.97 Å². The standard InChI is InChI=1S/C9H11ClN2O4S/c1-11-17(15,16)12-8(9(13)14)6-4-2-3-5-7(6)10/h2-5,8,11-12H,1H3,(H,13,14)/t8-/m1/s1. The largest absolute Gasteiger partial charge is 0.480 e. The lowest BCUT2D eigenvalue weighted by atomic mass is 10.1. The Labute approximate surface area is 104 Å². The van der Waals surface area contributed by atoms with Crippen molar-refractivity contribution in [1.29, 1.82) is 0 Å². The number of carboxylic acid groups (broad SMARTS) is 1. The van der Waals surface area contributed by atoms with Gasteiger partial charge in [0.15, 0.2) is 0 Å². The first-order chi connectivity index (χ1) is 7.87. The van der Waals surface area contributed by atoms with Crippen LogP contribution in [0.15, 0.2) is 24.3 Å². The van der Waals surface area contributed by atoms with Gasteiger partial charge in [-0.05, 0) is 11.6 Å². The summed E-state index contributed by atoms with van der Waals surface area (Å²) < 4.78 is 26.5. The minimum absolute atomic E-state index is 0.179. The third-order valence-electron chi connectivity index (χ3n) is 2.00. The van der Waals surface area contributed by atoms with Gasteiger partial charge in [0, 0.05) is 12.1 Å². The zero-order valence-electron chi connectivity index (χ0n) is 8.84. The SMILES string of the molecule is CNS(=O)(=O)N[C@@H](C(=O)O)c1ccccc1Cl. The Bertz CT molecular complexity index is 517. The van der Waals surface area contributed by atoms with Gasteiger partial charge in [-0.1, -0.05) is 29.8 Å². The Morgan fingerprint density at radius 3 is 2.47 bits per heavy atom. The van der Waals surface area contributed by atoms with Gasteiger partial charge < -0.3 is 5.11 Å². The number of benzene rings is 1. The summed E-state index contributed by atoms with van der Waals surface area (Å²) in [7, 11) is -2.69. The van der Waals surface area contributed by atoms with E-state index >= 15 is 0 Å². The van der Waals surface area contributed by atoms with Crippen molar-refractivity contribution in [2.45, 2.75) is 6.04 Å². The fourth-order valence-corrected chi connectivity index (χ4v) is 2.07. The quantitative estimate of drug-likeness (QED) is 0.732. The molecule has 1 rings (SSSR count). The van der Waals surface area contributed by atoms with Crippen LogP contribution in [-0.2, 0) is 15.0 Å². The topological polar surface area (TPSA) is 95.5 Å². The van der Waals surface area contributed by atoms with Crippen molar-refractivity contribution in [3.63, 3.8) is 0 Å². The Morgan fingerprint density at radius 1 is 1.41 bits per heavy atom. The molecule has 0 aliphatic rings. The summed E-state index contributed by atoms with van der Waals surface area (Å²) in [5, 5.41) is 9.18. The number of halogens is 1. The molecule has 0 bridgehead atoms. The summed E-state index contributed by atoms with van der Waals surface area (Å²) >= 11 is 5.82. The van der Waals surface area contributed by atoms with E-state index < -0.39 is 22.2 Å². The van der Waals surface area contributed by atoms with Gasteiger partial charge in [0.2, 0.25) is 0 Å². The van der Waals surface area contributed by atoms with Gasteiger partial charge in [0.1, 0.15) is 6.04 Å². The van der Waals surface area contributed by atoms with Gasteiger partial charge in [-0.3, -0.25) is 4.79 Å². The molecule has 0 aromatic heterocycles. The lowest BCUT2D eigenvalue weighted by molar-refractivity contribution is -0.139. The van der Waals surface area contributed by atoms with Crippen molar-refractivity contribution in [2.24, 2.45) is 0 Å². The van der Waals surface area contributed by atoms with E-state index in [0.717, 1.165) is 0 Å². The number of aliphatic carboxylic acids is 1. The van der Waals surface area contributed by atoms with Crippen LogP contribution >= 0.6 is 11.6 Å². The second-order valence-corrected chi connectivity index (χ2v) is 5.18. The molecule has 0 heterocycles. The van der Waals surface area contributed by atoms with Gasteiger partial charge in [-0.2, -0.15) is 13.1 Å². The predicted octanol–water partition coefficient (Wildman–Crippen LogP) is 0.520. The van der Waals surface area contributed by atoms with E-state index in [1.807, 2.05) is 9.44 Å². The number of hydrogen-bond donors (Lipinski definition) is 3. The van der Waals surface area contributed by atoms with Gasteiger partial charge in [-0.15, -0.1) is 0 Å². The zero-order valence-corrected chi connectivity index (χ0v) is 10.4. The summed E-state index contributed by atoms with van der Waals surface area (Å²) in [6.45, 7) is 0. The highest BCUT2D eigenvalue weighted by Crippen LogP contribution is 2.23. The molecule has 1 aromatic rings. The van der Waals surface area contributed by atoms with Crippen molar-refractivity contribution in [2.75, 3.05) is 7.05 Å². The zero-order chi connectivity index (χ0) is 13.1. The minimum atomic E-state index is -3.87. The third kappa shape index (κ3) is 3.67. The number of rotatable bonds is 5. The first-order valence-electron chi connectivity index (χ1n) is 4.55. The van der Waals surface area contributed by atoms with E-state index in [1.54, 1.807) is 12.1 Å². The van der Waals surface area contributed by atoms with E-state index in [9.17, 15) is 13.2 Å². The van der Waals surface area contributed by atoms with E-state index in [1.165, 1.54) is 19.2 Å². The van der Waals surface area contributed by atoms with Crippen LogP contribution in [0.2, 0.25) is 5.02 Å². The predicted molar refractivity (Wildman–Crippen MR) is 62.9 cm³/mol. The van der Waals surface area contributed by atoms with Crippen LogP contribution in [0.5, 0.6) is 0 Å². The van der Waals surface area contributed by atoms with Crippen LogP contribution in [0.1, 0.15) is 11.6 Å². The van der Waals surface area contributed by atoms with Crippen LogP contribution in [0, 0.1) is 0 Å². The second-order valence-electron chi connectivity index (χ2n) is 3.12. The second kappa shape index (κ2) is 5.46. The van der Waals surface area contributed by atoms with Gasteiger partial charge in [-0.25, -0.2) is 4.72 Å². The maximum absolute atomic E-state index is 11.3. The summed E-state index contributed by atoms with van der Waals surface area (Å²) in [5.74, 6) is -1.34. The maximum Gasteiger partial charge on any atom is 0.326 e. The van der Waals surface area contributed by atoms with Crippen LogP contribution in [-0.4, -0.2) is 26.5 Å². The van der Waals surface area contributed by atoms with Crippen molar-refractivity contribution >= 4 is 27.8 Å². The smallest absolute Gasteiger partial charge is 0.326 e. The summed E-state index contributed by atoms with van der Waals surface area (Å²) in [6, 6.07) is 4.70. The van der Waals surface area contributed by atoms with Crippen molar-refractivity contribution in [1.82, 2.24) is 9.44 Å². The Balaban J connectivity index is 3.12.